The summed E-state index contributed by atoms with van der Waals surface area (Å²) in [7, 11) is 0. The summed E-state index contributed by atoms with van der Waals surface area (Å²) < 4.78 is 0. The lowest BCUT2D eigenvalue weighted by molar-refractivity contribution is 1.06. The van der Waals surface area contributed by atoms with Gasteiger partial charge in [0, 0.05) is 23.5 Å². The Morgan fingerprint density at radius 1 is 1.38 bits per heavy atom. The molecule has 2 aromatic heterocycles. The number of anilines is 1. The van der Waals surface area contributed by atoms with Crippen molar-refractivity contribution in [2.75, 3.05) is 5.73 Å². The molecule has 5 heteroatoms. The molecule has 16 heavy (non-hydrogen) atoms. The van der Waals surface area contributed by atoms with Crippen LogP contribution in [0.2, 0.25) is 5.15 Å². The molecule has 0 radical (unpaired) electrons. The molecule has 4 nitrogen and oxygen atoms in total. The topological polar surface area (TPSA) is 64.7 Å². The minimum Gasteiger partial charge on any atom is -0.383 e. The van der Waals surface area contributed by atoms with Crippen molar-refractivity contribution in [3.63, 3.8) is 0 Å². The van der Waals surface area contributed by atoms with Crippen LogP contribution in [0, 0.1) is 0 Å². The van der Waals surface area contributed by atoms with Crippen molar-refractivity contribution in [3.8, 4) is 11.4 Å². The first-order chi connectivity index (χ1) is 7.72. The Bertz CT molecular complexity index is 476. The van der Waals surface area contributed by atoms with Gasteiger partial charge in [-0.25, -0.2) is 9.97 Å². The molecule has 0 aliphatic carbocycles. The second-order valence-corrected chi connectivity index (χ2v) is 3.66. The lowest BCUT2D eigenvalue weighted by atomic mass is 10.2. The first kappa shape index (κ1) is 10.8. The van der Waals surface area contributed by atoms with Crippen molar-refractivity contribution in [2.24, 2.45) is 0 Å². The molecule has 0 saturated heterocycles. The molecule has 2 N–H and O–H groups in total. The Hall–Kier alpha value is -1.68. The number of pyridine rings is 1. The van der Waals surface area contributed by atoms with Gasteiger partial charge in [0.15, 0.2) is 5.82 Å². The van der Waals surface area contributed by atoms with Crippen molar-refractivity contribution in [1.82, 2.24) is 15.0 Å². The predicted molar refractivity (Wildman–Crippen MR) is 64.1 cm³/mol. The average molecular weight is 235 g/mol. The Morgan fingerprint density at radius 2 is 2.19 bits per heavy atom. The van der Waals surface area contributed by atoms with Crippen LogP contribution >= 0.6 is 11.6 Å². The monoisotopic (exact) mass is 234 g/mol. The molecule has 0 amide bonds. The second-order valence-electron chi connectivity index (χ2n) is 3.30. The van der Waals surface area contributed by atoms with E-state index in [2.05, 4.69) is 15.0 Å². The number of aromatic nitrogens is 3. The first-order valence-corrected chi connectivity index (χ1v) is 5.32. The highest BCUT2D eigenvalue weighted by atomic mass is 35.5. The summed E-state index contributed by atoms with van der Waals surface area (Å²) in [5.74, 6) is 0.939. The Morgan fingerprint density at radius 3 is 2.75 bits per heavy atom. The average Bonchev–Trinajstić information content (AvgIpc) is 2.30. The molecule has 0 aliphatic rings. The van der Waals surface area contributed by atoms with Gasteiger partial charge in [-0.3, -0.25) is 4.98 Å². The van der Waals surface area contributed by atoms with Gasteiger partial charge in [-0.1, -0.05) is 18.5 Å². The van der Waals surface area contributed by atoms with Gasteiger partial charge >= 0.3 is 0 Å². The molecule has 0 spiro atoms. The number of hydrogen-bond acceptors (Lipinski definition) is 4. The van der Waals surface area contributed by atoms with Gasteiger partial charge in [0.25, 0.3) is 0 Å². The van der Waals surface area contributed by atoms with Crippen LogP contribution in [-0.4, -0.2) is 15.0 Å². The van der Waals surface area contributed by atoms with Crippen molar-refractivity contribution in [1.29, 1.82) is 0 Å². The van der Waals surface area contributed by atoms with Crippen LogP contribution in [0.1, 0.15) is 12.5 Å². The van der Waals surface area contributed by atoms with Crippen LogP contribution in [0.4, 0.5) is 5.82 Å². The van der Waals surface area contributed by atoms with E-state index in [1.807, 2.05) is 19.1 Å². The van der Waals surface area contributed by atoms with Crippen molar-refractivity contribution >= 4 is 17.4 Å². The summed E-state index contributed by atoms with van der Waals surface area (Å²) in [6, 6.07) is 3.68. The predicted octanol–water partition coefficient (Wildman–Crippen LogP) is 2.34. The molecule has 0 bridgehead atoms. The summed E-state index contributed by atoms with van der Waals surface area (Å²) in [5.41, 5.74) is 7.40. The number of nitrogens with zero attached hydrogens (tertiary/aromatic N) is 3. The molecule has 82 valence electrons. The highest BCUT2D eigenvalue weighted by molar-refractivity contribution is 6.30. The van der Waals surface area contributed by atoms with E-state index in [1.54, 1.807) is 12.4 Å². The molecule has 0 saturated carbocycles. The van der Waals surface area contributed by atoms with Crippen LogP contribution in [0.3, 0.4) is 0 Å². The number of nitrogens with two attached hydrogens (primary N) is 1. The number of rotatable bonds is 2. The molecule has 2 heterocycles. The maximum absolute atomic E-state index is 6.03. The van der Waals surface area contributed by atoms with E-state index in [1.165, 1.54) is 0 Å². The maximum atomic E-state index is 6.03. The normalized spacial score (nSPS) is 10.4. The van der Waals surface area contributed by atoms with E-state index in [4.69, 9.17) is 17.3 Å². The van der Waals surface area contributed by atoms with E-state index in [0.717, 1.165) is 17.5 Å². The van der Waals surface area contributed by atoms with Gasteiger partial charge in [-0.15, -0.1) is 0 Å². The van der Waals surface area contributed by atoms with E-state index in [0.29, 0.717) is 16.8 Å². The third-order valence-electron chi connectivity index (χ3n) is 2.26. The van der Waals surface area contributed by atoms with E-state index in [9.17, 15) is 0 Å². The summed E-state index contributed by atoms with van der Waals surface area (Å²) in [4.78, 5) is 12.4. The van der Waals surface area contributed by atoms with Crippen LogP contribution in [-0.2, 0) is 6.42 Å². The Balaban J connectivity index is 2.53. The lowest BCUT2D eigenvalue weighted by Crippen LogP contribution is -2.02. The second kappa shape index (κ2) is 4.45. The lowest BCUT2D eigenvalue weighted by Gasteiger charge is -2.06. The standard InChI is InChI=1S/C11H11ClN4/c1-2-8-9(12)15-11(16-10(8)13)7-4-3-5-14-6-7/h3-6H,2H2,1H3,(H2,13,15,16). The summed E-state index contributed by atoms with van der Waals surface area (Å²) in [6.45, 7) is 1.96. The van der Waals surface area contributed by atoms with Gasteiger partial charge in [0.2, 0.25) is 0 Å². The van der Waals surface area contributed by atoms with Gasteiger partial charge < -0.3 is 5.73 Å². The Labute approximate surface area is 98.5 Å². The van der Waals surface area contributed by atoms with Gasteiger partial charge in [-0.2, -0.15) is 0 Å². The minimum atomic E-state index is 0.411. The summed E-state index contributed by atoms with van der Waals surface area (Å²) in [6.07, 6.45) is 4.09. The molecule has 0 aliphatic heterocycles. The fourth-order valence-electron chi connectivity index (χ4n) is 1.42. The SMILES string of the molecule is CCc1c(N)nc(-c2cccnc2)nc1Cl. The summed E-state index contributed by atoms with van der Waals surface area (Å²) >= 11 is 6.03. The third-order valence-corrected chi connectivity index (χ3v) is 2.57. The van der Waals surface area contributed by atoms with Gasteiger partial charge in [0.1, 0.15) is 11.0 Å². The van der Waals surface area contributed by atoms with Crippen LogP contribution in [0.5, 0.6) is 0 Å². The summed E-state index contributed by atoms with van der Waals surface area (Å²) in [5, 5.41) is 0.411. The van der Waals surface area contributed by atoms with Crippen LogP contribution in [0.25, 0.3) is 11.4 Å². The smallest absolute Gasteiger partial charge is 0.164 e. The third kappa shape index (κ3) is 1.97. The zero-order valence-corrected chi connectivity index (χ0v) is 9.57. The molecular weight excluding hydrogens is 224 g/mol. The molecule has 2 aromatic rings. The fraction of sp³-hybridized carbons (Fsp3) is 0.182. The highest BCUT2D eigenvalue weighted by Gasteiger charge is 2.10. The molecule has 0 aromatic carbocycles. The minimum absolute atomic E-state index is 0.411. The highest BCUT2D eigenvalue weighted by Crippen LogP contribution is 2.23. The molecule has 0 fully saturated rings. The van der Waals surface area contributed by atoms with E-state index in [-0.39, 0.29) is 0 Å². The first-order valence-electron chi connectivity index (χ1n) is 4.94. The quantitative estimate of drug-likeness (QED) is 0.810. The van der Waals surface area contributed by atoms with Crippen molar-refractivity contribution < 1.29 is 0 Å². The van der Waals surface area contributed by atoms with Crippen LogP contribution in [0.15, 0.2) is 24.5 Å². The largest absolute Gasteiger partial charge is 0.383 e. The zero-order valence-electron chi connectivity index (χ0n) is 8.81. The number of hydrogen-bond donors (Lipinski definition) is 1. The van der Waals surface area contributed by atoms with Crippen LogP contribution < -0.4 is 5.73 Å². The van der Waals surface area contributed by atoms with Crippen molar-refractivity contribution in [3.05, 3.63) is 35.2 Å². The maximum Gasteiger partial charge on any atom is 0.164 e. The molecular formula is C11H11ClN4. The Kier molecular flexibility index (Phi) is 3.01. The number of nitrogen functional groups attached to an aromatic ring is 1. The molecule has 0 atom stereocenters. The molecule has 0 unspecified atom stereocenters. The van der Waals surface area contributed by atoms with E-state index >= 15 is 0 Å². The van der Waals surface area contributed by atoms with Crippen molar-refractivity contribution in [2.45, 2.75) is 13.3 Å². The molecule has 2 rings (SSSR count). The number of halogens is 1. The fourth-order valence-corrected chi connectivity index (χ4v) is 1.73. The van der Waals surface area contributed by atoms with E-state index < -0.39 is 0 Å². The zero-order chi connectivity index (χ0) is 11.5. The van der Waals surface area contributed by atoms with Gasteiger partial charge in [-0.05, 0) is 18.6 Å². The van der Waals surface area contributed by atoms with Gasteiger partial charge in [0.05, 0.1) is 0 Å².